The lowest BCUT2D eigenvalue weighted by Gasteiger charge is -2.28. The highest BCUT2D eigenvalue weighted by Crippen LogP contribution is 2.43. The third kappa shape index (κ3) is 3.68. The Kier molecular flexibility index (Phi) is 5.60. The molecule has 2 aromatic carbocycles. The molecule has 160 valence electrons. The van der Waals surface area contributed by atoms with Crippen LogP contribution in [0.3, 0.4) is 0 Å². The molecule has 1 atom stereocenters. The number of halogens is 1. The summed E-state index contributed by atoms with van der Waals surface area (Å²) in [4.78, 5) is 17.9. The van der Waals surface area contributed by atoms with Crippen LogP contribution in [0.25, 0.3) is 10.9 Å². The Balaban J connectivity index is 1.91. The topological polar surface area (TPSA) is 101 Å². The number of carbonyl (C=O) groups excluding carboxylic acids is 1. The molecule has 2 heterocycles. The van der Waals surface area contributed by atoms with E-state index in [1.165, 1.54) is 0 Å². The molecule has 1 aliphatic rings. The van der Waals surface area contributed by atoms with E-state index in [2.05, 4.69) is 16.4 Å². The first-order valence-corrected chi connectivity index (χ1v) is 10.4. The predicted molar refractivity (Wildman–Crippen MR) is 125 cm³/mol. The number of aryl methyl sites for hydroxylation is 2. The van der Waals surface area contributed by atoms with Crippen molar-refractivity contribution in [1.82, 2.24) is 4.98 Å². The van der Waals surface area contributed by atoms with Crippen molar-refractivity contribution in [3.8, 4) is 6.07 Å². The summed E-state index contributed by atoms with van der Waals surface area (Å²) in [6.07, 6.45) is 0. The molecule has 0 radical (unpaired) electrons. The lowest BCUT2D eigenvalue weighted by atomic mass is 9.82. The standard InChI is InChI=1S/C25H21ClN4O2/c1-13-9-10-14(2)22-17(13)11-18(23(26)30-22)21-19(12-27)24(28)32-15(3)20(21)25(31)29-16-7-5-4-6-8-16/h4-11,21H,28H2,1-3H3,(H,29,31). The molecule has 4 rings (SSSR count). The zero-order valence-corrected chi connectivity index (χ0v) is 18.6. The minimum Gasteiger partial charge on any atom is -0.445 e. The summed E-state index contributed by atoms with van der Waals surface area (Å²) in [6.45, 7) is 5.58. The Hall–Kier alpha value is -3.82. The van der Waals surface area contributed by atoms with Crippen LogP contribution in [0.5, 0.6) is 0 Å². The van der Waals surface area contributed by atoms with Crippen molar-refractivity contribution in [2.24, 2.45) is 5.73 Å². The van der Waals surface area contributed by atoms with Crippen molar-refractivity contribution in [3.63, 3.8) is 0 Å². The molecule has 1 amide bonds. The second-order valence-electron chi connectivity index (χ2n) is 7.68. The van der Waals surface area contributed by atoms with Crippen LogP contribution in [-0.4, -0.2) is 10.9 Å². The van der Waals surface area contributed by atoms with E-state index in [0.29, 0.717) is 17.0 Å². The Labute approximate surface area is 191 Å². The number of fused-ring (bicyclic) bond motifs is 1. The van der Waals surface area contributed by atoms with Crippen LogP contribution in [0.2, 0.25) is 5.15 Å². The molecular weight excluding hydrogens is 424 g/mol. The summed E-state index contributed by atoms with van der Waals surface area (Å²) in [6, 6.07) is 17.0. The normalized spacial score (nSPS) is 16.0. The van der Waals surface area contributed by atoms with Gasteiger partial charge in [0.2, 0.25) is 5.88 Å². The van der Waals surface area contributed by atoms with E-state index in [4.69, 9.17) is 22.1 Å². The lowest BCUT2D eigenvalue weighted by Crippen LogP contribution is -2.28. The van der Waals surface area contributed by atoms with Gasteiger partial charge in [0.25, 0.3) is 5.91 Å². The van der Waals surface area contributed by atoms with Crippen LogP contribution in [-0.2, 0) is 9.53 Å². The van der Waals surface area contributed by atoms with E-state index < -0.39 is 11.8 Å². The number of amides is 1. The van der Waals surface area contributed by atoms with E-state index in [9.17, 15) is 10.1 Å². The maximum Gasteiger partial charge on any atom is 0.255 e. The van der Waals surface area contributed by atoms with Crippen molar-refractivity contribution < 1.29 is 9.53 Å². The molecular formula is C25H21ClN4O2. The van der Waals surface area contributed by atoms with Gasteiger partial charge in [-0.3, -0.25) is 4.79 Å². The van der Waals surface area contributed by atoms with Crippen molar-refractivity contribution in [2.45, 2.75) is 26.7 Å². The molecule has 0 saturated carbocycles. The number of allylic oxidation sites excluding steroid dienone is 2. The number of para-hydroxylation sites is 1. The third-order valence-corrected chi connectivity index (χ3v) is 5.88. The number of carbonyl (C=O) groups is 1. The highest BCUT2D eigenvalue weighted by molar-refractivity contribution is 6.31. The highest BCUT2D eigenvalue weighted by Gasteiger charge is 2.37. The number of hydrogen-bond acceptors (Lipinski definition) is 5. The lowest BCUT2D eigenvalue weighted by molar-refractivity contribution is -0.113. The van der Waals surface area contributed by atoms with Crippen LogP contribution in [0.15, 0.2) is 71.3 Å². The number of ether oxygens (including phenoxy) is 1. The zero-order valence-electron chi connectivity index (χ0n) is 17.9. The van der Waals surface area contributed by atoms with Gasteiger partial charge in [0.15, 0.2) is 0 Å². The molecule has 32 heavy (non-hydrogen) atoms. The van der Waals surface area contributed by atoms with Crippen molar-refractivity contribution >= 4 is 34.1 Å². The molecule has 1 aromatic heterocycles. The van der Waals surface area contributed by atoms with E-state index in [-0.39, 0.29) is 22.2 Å². The van der Waals surface area contributed by atoms with Crippen LogP contribution < -0.4 is 11.1 Å². The van der Waals surface area contributed by atoms with Gasteiger partial charge in [0, 0.05) is 16.6 Å². The van der Waals surface area contributed by atoms with Gasteiger partial charge in [-0.2, -0.15) is 5.26 Å². The molecule has 0 fully saturated rings. The monoisotopic (exact) mass is 444 g/mol. The number of nitriles is 1. The molecule has 3 aromatic rings. The molecule has 0 spiro atoms. The Morgan fingerprint density at radius 1 is 1.16 bits per heavy atom. The molecule has 3 N–H and O–H groups in total. The molecule has 6 nitrogen and oxygen atoms in total. The Bertz CT molecular complexity index is 1350. The number of nitrogens with one attached hydrogen (secondary N) is 1. The van der Waals surface area contributed by atoms with E-state index in [1.807, 2.05) is 50.2 Å². The SMILES string of the molecule is CC1=C(C(=O)Nc2ccccc2)C(c2cc3c(C)ccc(C)c3nc2Cl)C(C#N)=C(N)O1. The van der Waals surface area contributed by atoms with Gasteiger partial charge >= 0.3 is 0 Å². The second kappa shape index (κ2) is 8.37. The van der Waals surface area contributed by atoms with Gasteiger partial charge in [-0.15, -0.1) is 0 Å². The third-order valence-electron chi connectivity index (χ3n) is 5.58. The largest absolute Gasteiger partial charge is 0.445 e. The maximum absolute atomic E-state index is 13.3. The summed E-state index contributed by atoms with van der Waals surface area (Å²) in [5.41, 5.74) is 10.3. The van der Waals surface area contributed by atoms with Gasteiger partial charge in [-0.25, -0.2) is 4.98 Å². The number of nitrogens with zero attached hydrogens (tertiary/aromatic N) is 2. The number of anilines is 1. The molecule has 1 unspecified atom stereocenters. The average Bonchev–Trinajstić information content (AvgIpc) is 2.76. The van der Waals surface area contributed by atoms with Gasteiger partial charge in [0.05, 0.1) is 17.0 Å². The zero-order chi connectivity index (χ0) is 23.0. The average molecular weight is 445 g/mol. The Morgan fingerprint density at radius 2 is 1.84 bits per heavy atom. The number of rotatable bonds is 3. The minimum absolute atomic E-state index is 0.0524. The predicted octanol–water partition coefficient (Wildman–Crippen LogP) is 5.23. The summed E-state index contributed by atoms with van der Waals surface area (Å²) < 4.78 is 5.57. The first kappa shape index (κ1) is 21.4. The maximum atomic E-state index is 13.3. The van der Waals surface area contributed by atoms with Crippen LogP contribution in [0.1, 0.15) is 29.5 Å². The quantitative estimate of drug-likeness (QED) is 0.539. The fraction of sp³-hybridized carbons (Fsp3) is 0.160. The first-order valence-electron chi connectivity index (χ1n) is 10.0. The number of benzene rings is 2. The van der Waals surface area contributed by atoms with Crippen molar-refractivity contribution in [3.05, 3.63) is 93.2 Å². The van der Waals surface area contributed by atoms with Crippen LogP contribution >= 0.6 is 11.6 Å². The minimum atomic E-state index is -0.818. The van der Waals surface area contributed by atoms with Gasteiger partial charge < -0.3 is 15.8 Å². The molecule has 0 bridgehead atoms. The fourth-order valence-corrected chi connectivity index (χ4v) is 4.18. The summed E-state index contributed by atoms with van der Waals surface area (Å²) >= 11 is 6.63. The molecule has 0 saturated heterocycles. The summed E-state index contributed by atoms with van der Waals surface area (Å²) in [5, 5.41) is 13.9. The van der Waals surface area contributed by atoms with Gasteiger partial charge in [0.1, 0.15) is 22.6 Å². The summed E-state index contributed by atoms with van der Waals surface area (Å²) in [5.74, 6) is -0.974. The highest BCUT2D eigenvalue weighted by atomic mass is 35.5. The second-order valence-corrected chi connectivity index (χ2v) is 8.04. The smallest absolute Gasteiger partial charge is 0.255 e. The first-order chi connectivity index (χ1) is 15.3. The number of nitrogens with two attached hydrogens (primary N) is 1. The number of hydrogen-bond donors (Lipinski definition) is 2. The summed E-state index contributed by atoms with van der Waals surface area (Å²) in [7, 11) is 0. The van der Waals surface area contributed by atoms with Gasteiger partial charge in [-0.05, 0) is 50.1 Å². The van der Waals surface area contributed by atoms with Crippen molar-refractivity contribution in [2.75, 3.05) is 5.32 Å². The number of aromatic nitrogens is 1. The van der Waals surface area contributed by atoms with E-state index in [0.717, 1.165) is 22.0 Å². The molecule has 1 aliphatic heterocycles. The van der Waals surface area contributed by atoms with Crippen LogP contribution in [0.4, 0.5) is 5.69 Å². The molecule has 7 heteroatoms. The van der Waals surface area contributed by atoms with Crippen molar-refractivity contribution in [1.29, 1.82) is 5.26 Å². The van der Waals surface area contributed by atoms with E-state index in [1.54, 1.807) is 19.1 Å². The van der Waals surface area contributed by atoms with Crippen LogP contribution in [0, 0.1) is 25.2 Å². The molecule has 0 aliphatic carbocycles. The van der Waals surface area contributed by atoms with E-state index >= 15 is 0 Å². The number of pyridine rings is 1. The fourth-order valence-electron chi connectivity index (χ4n) is 3.93. The van der Waals surface area contributed by atoms with Gasteiger partial charge in [-0.1, -0.05) is 41.9 Å². The Morgan fingerprint density at radius 3 is 2.53 bits per heavy atom.